The number of para-hydroxylation sites is 1. The molecule has 1 aromatic carbocycles. The molecular weight excluding hydrogens is 346 g/mol. The van der Waals surface area contributed by atoms with Crippen molar-refractivity contribution in [2.75, 3.05) is 19.6 Å². The number of nitrogens with zero attached hydrogens (tertiary/aromatic N) is 1. The Morgan fingerprint density at radius 1 is 1.29 bits per heavy atom. The van der Waals surface area contributed by atoms with E-state index in [1.807, 2.05) is 19.1 Å². The van der Waals surface area contributed by atoms with Crippen LogP contribution in [0.5, 0.6) is 0 Å². The SMILES string of the molecule is Cc1cnc2c(S(=O)(=O)NCC3(C)CCNCC3)cccc2c1.Cl. The zero-order valence-electron chi connectivity index (χ0n) is 14.0. The van der Waals surface area contributed by atoms with Crippen molar-refractivity contribution in [3.05, 3.63) is 36.0 Å². The molecule has 1 fully saturated rings. The molecule has 0 amide bonds. The first-order chi connectivity index (χ1) is 10.9. The molecule has 7 heteroatoms. The summed E-state index contributed by atoms with van der Waals surface area (Å²) in [6, 6.07) is 7.24. The van der Waals surface area contributed by atoms with E-state index in [1.54, 1.807) is 18.3 Å². The lowest BCUT2D eigenvalue weighted by Gasteiger charge is -2.34. The molecule has 24 heavy (non-hydrogen) atoms. The number of hydrogen-bond acceptors (Lipinski definition) is 4. The minimum absolute atomic E-state index is 0. The summed E-state index contributed by atoms with van der Waals surface area (Å²) in [7, 11) is -3.57. The molecule has 132 valence electrons. The number of piperidine rings is 1. The van der Waals surface area contributed by atoms with Gasteiger partial charge in [0.2, 0.25) is 10.0 Å². The van der Waals surface area contributed by atoms with E-state index in [0.29, 0.717) is 12.1 Å². The third-order valence-electron chi connectivity index (χ3n) is 4.60. The molecule has 1 saturated heterocycles. The maximum atomic E-state index is 12.7. The Hall–Kier alpha value is -1.21. The molecule has 3 rings (SSSR count). The number of halogens is 1. The van der Waals surface area contributed by atoms with Crippen molar-refractivity contribution in [2.45, 2.75) is 31.6 Å². The third-order valence-corrected chi connectivity index (χ3v) is 6.03. The largest absolute Gasteiger partial charge is 0.317 e. The van der Waals surface area contributed by atoms with Gasteiger partial charge in [0.05, 0.1) is 5.52 Å². The first kappa shape index (κ1) is 19.1. The number of pyridine rings is 1. The maximum Gasteiger partial charge on any atom is 0.242 e. The van der Waals surface area contributed by atoms with Gasteiger partial charge in [-0.05, 0) is 56.0 Å². The van der Waals surface area contributed by atoms with E-state index in [4.69, 9.17) is 0 Å². The van der Waals surface area contributed by atoms with Crippen LogP contribution in [0.25, 0.3) is 10.9 Å². The number of aromatic nitrogens is 1. The van der Waals surface area contributed by atoms with Gasteiger partial charge in [-0.3, -0.25) is 4.98 Å². The molecule has 5 nitrogen and oxygen atoms in total. The van der Waals surface area contributed by atoms with Crippen LogP contribution in [0.1, 0.15) is 25.3 Å². The van der Waals surface area contributed by atoms with Gasteiger partial charge in [-0.1, -0.05) is 19.1 Å². The van der Waals surface area contributed by atoms with E-state index in [9.17, 15) is 8.42 Å². The first-order valence-corrected chi connectivity index (χ1v) is 9.44. The monoisotopic (exact) mass is 369 g/mol. The first-order valence-electron chi connectivity index (χ1n) is 7.95. The number of hydrogen-bond donors (Lipinski definition) is 2. The van der Waals surface area contributed by atoms with E-state index in [2.05, 4.69) is 21.9 Å². The highest BCUT2D eigenvalue weighted by Gasteiger charge is 2.29. The molecule has 2 N–H and O–H groups in total. The number of nitrogens with one attached hydrogen (secondary N) is 2. The second kappa shape index (κ2) is 7.35. The molecule has 1 aliphatic heterocycles. The van der Waals surface area contributed by atoms with Gasteiger partial charge in [0.15, 0.2) is 0 Å². The molecule has 1 aliphatic rings. The summed E-state index contributed by atoms with van der Waals surface area (Å²) in [5.74, 6) is 0. The van der Waals surface area contributed by atoms with Gasteiger partial charge in [-0.25, -0.2) is 13.1 Å². The summed E-state index contributed by atoms with van der Waals surface area (Å²) < 4.78 is 28.3. The van der Waals surface area contributed by atoms with Gasteiger partial charge in [-0.2, -0.15) is 0 Å². The number of aryl methyl sites for hydroxylation is 1. The summed E-state index contributed by atoms with van der Waals surface area (Å²) in [4.78, 5) is 4.59. The Balaban J connectivity index is 0.00000208. The van der Waals surface area contributed by atoms with Crippen LogP contribution in [-0.4, -0.2) is 33.0 Å². The van der Waals surface area contributed by atoms with Crippen LogP contribution in [0.2, 0.25) is 0 Å². The molecule has 0 aliphatic carbocycles. The number of fused-ring (bicyclic) bond motifs is 1. The van der Waals surface area contributed by atoms with Gasteiger partial charge in [0, 0.05) is 18.1 Å². The minimum atomic E-state index is -3.57. The van der Waals surface area contributed by atoms with Crippen LogP contribution in [0.3, 0.4) is 0 Å². The summed E-state index contributed by atoms with van der Waals surface area (Å²) in [6.07, 6.45) is 3.65. The van der Waals surface area contributed by atoms with E-state index in [0.717, 1.165) is 36.9 Å². The Kier molecular flexibility index (Phi) is 5.86. The fraction of sp³-hybridized carbons (Fsp3) is 0.471. The maximum absolute atomic E-state index is 12.7. The highest BCUT2D eigenvalue weighted by atomic mass is 35.5. The number of rotatable bonds is 4. The van der Waals surface area contributed by atoms with Crippen LogP contribution >= 0.6 is 12.4 Å². The zero-order chi connectivity index (χ0) is 16.5. The predicted octanol–water partition coefficient (Wildman–Crippen LogP) is 2.63. The van der Waals surface area contributed by atoms with Gasteiger partial charge in [0.1, 0.15) is 4.90 Å². The Morgan fingerprint density at radius 2 is 2.00 bits per heavy atom. The van der Waals surface area contributed by atoms with Crippen molar-refractivity contribution in [3.8, 4) is 0 Å². The normalized spacial score (nSPS) is 17.4. The van der Waals surface area contributed by atoms with E-state index >= 15 is 0 Å². The van der Waals surface area contributed by atoms with Crippen LogP contribution in [-0.2, 0) is 10.0 Å². The molecule has 0 bridgehead atoms. The predicted molar refractivity (Wildman–Crippen MR) is 99.1 cm³/mol. The quantitative estimate of drug-likeness (QED) is 0.869. The van der Waals surface area contributed by atoms with Crippen LogP contribution in [0, 0.1) is 12.3 Å². The minimum Gasteiger partial charge on any atom is -0.317 e. The summed E-state index contributed by atoms with van der Waals surface area (Å²) in [5.41, 5.74) is 1.55. The molecule has 0 unspecified atom stereocenters. The lowest BCUT2D eigenvalue weighted by Crippen LogP contribution is -2.42. The average molecular weight is 370 g/mol. The fourth-order valence-corrected chi connectivity index (χ4v) is 4.39. The topological polar surface area (TPSA) is 71.1 Å². The molecule has 0 spiro atoms. The van der Waals surface area contributed by atoms with Crippen LogP contribution in [0.4, 0.5) is 0 Å². The van der Waals surface area contributed by atoms with Gasteiger partial charge < -0.3 is 5.32 Å². The second-order valence-electron chi connectivity index (χ2n) is 6.73. The Labute approximate surface area is 149 Å². The summed E-state index contributed by atoms with van der Waals surface area (Å²) in [5, 5.41) is 4.16. The highest BCUT2D eigenvalue weighted by Crippen LogP contribution is 2.28. The van der Waals surface area contributed by atoms with Crippen LogP contribution < -0.4 is 10.0 Å². The van der Waals surface area contributed by atoms with Gasteiger partial charge >= 0.3 is 0 Å². The van der Waals surface area contributed by atoms with Crippen molar-refractivity contribution in [2.24, 2.45) is 5.41 Å². The zero-order valence-corrected chi connectivity index (χ0v) is 15.6. The average Bonchev–Trinajstić information content (AvgIpc) is 2.53. The molecule has 0 atom stereocenters. The third kappa shape index (κ3) is 4.06. The number of sulfonamides is 1. The van der Waals surface area contributed by atoms with E-state index in [-0.39, 0.29) is 22.7 Å². The summed E-state index contributed by atoms with van der Waals surface area (Å²) in [6.45, 7) is 6.42. The fourth-order valence-electron chi connectivity index (χ4n) is 3.01. The summed E-state index contributed by atoms with van der Waals surface area (Å²) >= 11 is 0. The Morgan fingerprint density at radius 3 is 2.71 bits per heavy atom. The molecule has 2 heterocycles. The van der Waals surface area contributed by atoms with Crippen LogP contribution in [0.15, 0.2) is 35.4 Å². The van der Waals surface area contributed by atoms with Crippen molar-refractivity contribution in [1.29, 1.82) is 0 Å². The van der Waals surface area contributed by atoms with Gasteiger partial charge in [0.25, 0.3) is 0 Å². The number of benzene rings is 1. The molecule has 0 radical (unpaired) electrons. The standard InChI is InChI=1S/C17H23N3O2S.ClH/c1-13-10-14-4-3-5-15(16(14)19-11-13)23(21,22)20-12-17(2)6-8-18-9-7-17;/h3-5,10-11,18,20H,6-9,12H2,1-2H3;1H. The lowest BCUT2D eigenvalue weighted by atomic mass is 9.81. The Bertz CT molecular complexity index is 818. The second-order valence-corrected chi connectivity index (χ2v) is 8.46. The molecular formula is C17H24ClN3O2S. The van der Waals surface area contributed by atoms with Crippen molar-refractivity contribution in [1.82, 2.24) is 15.0 Å². The lowest BCUT2D eigenvalue weighted by molar-refractivity contribution is 0.232. The van der Waals surface area contributed by atoms with E-state index in [1.165, 1.54) is 0 Å². The van der Waals surface area contributed by atoms with Gasteiger partial charge in [-0.15, -0.1) is 12.4 Å². The molecule has 0 saturated carbocycles. The molecule has 2 aromatic rings. The smallest absolute Gasteiger partial charge is 0.242 e. The highest BCUT2D eigenvalue weighted by molar-refractivity contribution is 7.89. The van der Waals surface area contributed by atoms with E-state index < -0.39 is 10.0 Å². The van der Waals surface area contributed by atoms with Crippen molar-refractivity contribution in [3.63, 3.8) is 0 Å². The van der Waals surface area contributed by atoms with Crippen molar-refractivity contribution < 1.29 is 8.42 Å². The van der Waals surface area contributed by atoms with Crippen molar-refractivity contribution >= 4 is 33.3 Å². The molecule has 1 aromatic heterocycles.